The van der Waals surface area contributed by atoms with E-state index in [0.29, 0.717) is 11.3 Å². The van der Waals surface area contributed by atoms with Crippen LogP contribution in [0.4, 0.5) is 13.2 Å². The van der Waals surface area contributed by atoms with Gasteiger partial charge in [0.25, 0.3) is 0 Å². The summed E-state index contributed by atoms with van der Waals surface area (Å²) in [5.74, 6) is 2.96. The third-order valence-corrected chi connectivity index (χ3v) is 8.66. The molecule has 0 N–H and O–H groups in total. The van der Waals surface area contributed by atoms with Gasteiger partial charge in [-0.15, -0.1) is 0 Å². The highest BCUT2D eigenvalue weighted by Gasteiger charge is 2.40. The molecule has 0 aliphatic carbocycles. The third kappa shape index (κ3) is 7.44. The number of Topliss-reactive ketones (excluding diaryl/α,β-unsaturated/α-hetero) is 1. The molecular formula is C15H18F3NO7S3. The Balaban J connectivity index is 1.78. The zero-order valence-corrected chi connectivity index (χ0v) is 17.4. The van der Waals surface area contributed by atoms with Crippen LogP contribution in [0.25, 0.3) is 4.13 Å². The highest BCUT2D eigenvalue weighted by Crippen LogP contribution is 2.30. The van der Waals surface area contributed by atoms with Crippen LogP contribution in [-0.2, 0) is 35.4 Å². The lowest BCUT2D eigenvalue weighted by molar-refractivity contribution is -0.0425. The van der Waals surface area contributed by atoms with E-state index in [2.05, 4.69) is 4.18 Å². The van der Waals surface area contributed by atoms with Crippen LogP contribution >= 0.6 is 0 Å². The maximum Gasteiger partial charge on any atom is 0.480 e. The Morgan fingerprint density at radius 3 is 2.17 bits per heavy atom. The molecule has 0 aromatic heterocycles. The average Bonchev–Trinajstić information content (AvgIpc) is 3.10. The number of nitrogens with zero attached hydrogens (tertiary/aromatic N) is 1. The molecule has 0 unspecified atom stereocenters. The molecule has 164 valence electrons. The summed E-state index contributed by atoms with van der Waals surface area (Å²) in [6.07, 6.45) is 2.30. The monoisotopic (exact) mass is 477 g/mol. The van der Waals surface area contributed by atoms with Gasteiger partial charge in [0.2, 0.25) is 16.1 Å². The van der Waals surface area contributed by atoms with Crippen molar-refractivity contribution >= 4 is 37.0 Å². The minimum absolute atomic E-state index is 0.0312. The van der Waals surface area contributed by atoms with Crippen LogP contribution < -0.4 is 4.74 Å². The molecule has 0 radical (unpaired) electrons. The fourth-order valence-electron chi connectivity index (χ4n) is 2.35. The minimum atomic E-state index is -6.23. The van der Waals surface area contributed by atoms with Gasteiger partial charge in [-0.2, -0.15) is 13.2 Å². The summed E-state index contributed by atoms with van der Waals surface area (Å²) in [6, 6.07) is 6.08. The van der Waals surface area contributed by atoms with E-state index < -0.39 is 39.0 Å². The molecule has 14 heteroatoms. The number of ketones is 1. The second-order valence-electron chi connectivity index (χ2n) is 5.91. The van der Waals surface area contributed by atoms with Crippen molar-refractivity contribution in [2.24, 2.45) is 0 Å². The van der Waals surface area contributed by atoms with Gasteiger partial charge in [-0.05, 0) is 48.0 Å². The number of carbonyl (C=O) groups excluding carboxylic acids is 1. The lowest BCUT2D eigenvalue weighted by Crippen LogP contribution is -2.25. The average molecular weight is 478 g/mol. The van der Waals surface area contributed by atoms with Gasteiger partial charge in [0.15, 0.2) is 15.8 Å². The molecule has 0 saturated carbocycles. The first-order valence-electron chi connectivity index (χ1n) is 8.25. The molecule has 29 heavy (non-hydrogen) atoms. The number of hydrogen-bond donors (Lipinski definition) is 0. The number of benzene rings is 1. The van der Waals surface area contributed by atoms with Crippen LogP contribution in [-0.4, -0.2) is 58.6 Å². The molecule has 1 aromatic rings. The quantitative estimate of drug-likeness (QED) is 0.288. The van der Waals surface area contributed by atoms with Gasteiger partial charge >= 0.3 is 5.51 Å². The molecule has 0 amide bonds. The molecule has 0 bridgehead atoms. The number of rotatable bonds is 10. The van der Waals surface area contributed by atoms with E-state index >= 15 is 0 Å². The first kappa shape index (κ1) is 23.9. The van der Waals surface area contributed by atoms with E-state index in [1.54, 1.807) is 16.3 Å². The predicted molar refractivity (Wildman–Crippen MR) is 101 cm³/mol. The summed E-state index contributed by atoms with van der Waals surface area (Å²) in [5, 5.41) is 0. The summed E-state index contributed by atoms with van der Waals surface area (Å²) >= 11 is 0. The van der Waals surface area contributed by atoms with Gasteiger partial charge in [-0.1, -0.05) is 0 Å². The van der Waals surface area contributed by atoms with Crippen molar-refractivity contribution in [3.63, 3.8) is 0 Å². The van der Waals surface area contributed by atoms with E-state index in [4.69, 9.17) is 4.74 Å². The lowest BCUT2D eigenvalue weighted by atomic mass is 10.1. The molecule has 1 heterocycles. The van der Waals surface area contributed by atoms with Crippen LogP contribution in [0.5, 0.6) is 5.75 Å². The van der Waals surface area contributed by atoms with Crippen molar-refractivity contribution < 1.29 is 43.7 Å². The number of sulfonamides is 1. The Hall–Kier alpha value is -1.35. The molecule has 0 atom stereocenters. The number of ether oxygens (including phenoxy) is 1. The number of halogens is 3. The Kier molecular flexibility index (Phi) is 7.95. The fraction of sp³-hybridized carbons (Fsp3) is 0.533. The normalized spacial score (nSPS) is 16.1. The largest absolute Gasteiger partial charge is 0.491 e. The Morgan fingerprint density at radius 1 is 1.03 bits per heavy atom. The smallest absolute Gasteiger partial charge is 0.480 e. The van der Waals surface area contributed by atoms with E-state index in [1.807, 2.05) is 0 Å². The number of hydrogen-bond acceptors (Lipinski definition) is 7. The third-order valence-electron chi connectivity index (χ3n) is 3.69. The first-order chi connectivity index (χ1) is 13.4. The van der Waals surface area contributed by atoms with Gasteiger partial charge in [0.1, 0.15) is 23.9 Å². The van der Waals surface area contributed by atoms with Crippen LogP contribution in [0.15, 0.2) is 24.3 Å². The lowest BCUT2D eigenvalue weighted by Gasteiger charge is -2.21. The summed E-state index contributed by atoms with van der Waals surface area (Å²) in [7, 11) is -11.4. The number of carbonyl (C=O) groups is 1. The summed E-state index contributed by atoms with van der Waals surface area (Å²) in [5.41, 5.74) is -5.33. The Labute approximate surface area is 169 Å². The van der Waals surface area contributed by atoms with Crippen molar-refractivity contribution in [2.45, 2.75) is 18.3 Å². The maximum absolute atomic E-state index is 12.2. The second-order valence-corrected chi connectivity index (χ2v) is 11.3. The summed E-state index contributed by atoms with van der Waals surface area (Å²) < 4.78 is 91.2. The molecule has 0 spiro atoms. The van der Waals surface area contributed by atoms with Gasteiger partial charge in [0, 0.05) is 5.56 Å². The Bertz CT molecular complexity index is 909. The van der Waals surface area contributed by atoms with Crippen LogP contribution in [0.2, 0.25) is 0 Å². The fourth-order valence-corrected chi connectivity index (χ4v) is 6.35. The summed E-state index contributed by atoms with van der Waals surface area (Å²) in [4.78, 5) is 12.2. The molecule has 1 saturated heterocycles. The van der Waals surface area contributed by atoms with Gasteiger partial charge in [-0.3, -0.25) is 8.98 Å². The predicted octanol–water partition coefficient (Wildman–Crippen LogP) is 2.14. The van der Waals surface area contributed by atoms with E-state index in [1.165, 1.54) is 12.1 Å². The standard InChI is InChI=1S/C15H18F3NO7S3/c16-15(17,18)28(21,22)19-29(23,24)26-8-7-25-13-5-3-12(4-6-13)14(20)11-27-9-1-2-10-27/h3-6H,1-2,7-11H2. The van der Waals surface area contributed by atoms with Crippen molar-refractivity contribution in [3.8, 4) is 5.75 Å². The van der Waals surface area contributed by atoms with Crippen molar-refractivity contribution in [1.29, 1.82) is 0 Å². The molecule has 1 aliphatic heterocycles. The minimum Gasteiger partial charge on any atom is -0.491 e. The first-order valence-corrected chi connectivity index (χ1v) is 12.8. The molecule has 8 nitrogen and oxygen atoms in total. The van der Waals surface area contributed by atoms with Crippen LogP contribution in [0.1, 0.15) is 23.2 Å². The molecule has 2 rings (SSSR count). The number of alkyl halides is 3. The van der Waals surface area contributed by atoms with Gasteiger partial charge < -0.3 is 8.86 Å². The van der Waals surface area contributed by atoms with E-state index in [0.717, 1.165) is 24.3 Å². The molecule has 1 aliphatic rings. The van der Waals surface area contributed by atoms with E-state index in [-0.39, 0.29) is 22.4 Å². The molecular weight excluding hydrogens is 459 g/mol. The maximum atomic E-state index is 12.2. The van der Waals surface area contributed by atoms with Crippen molar-refractivity contribution in [3.05, 3.63) is 34.0 Å². The SMILES string of the molecule is O=C(C[S+]1CCCC1)c1ccc(OCCOS(=O)(=O)[N-]S(=O)(=O)C(F)(F)F)cc1. The molecule has 1 fully saturated rings. The highest BCUT2D eigenvalue weighted by atomic mass is 32.3. The topological polar surface area (TPSA) is 118 Å². The van der Waals surface area contributed by atoms with Crippen LogP contribution in [0.3, 0.4) is 0 Å². The zero-order chi connectivity index (χ0) is 21.7. The molecule has 1 aromatic carbocycles. The second kappa shape index (κ2) is 9.64. The van der Waals surface area contributed by atoms with E-state index in [9.17, 15) is 34.8 Å². The highest BCUT2D eigenvalue weighted by molar-refractivity contribution is 8.10. The summed E-state index contributed by atoms with van der Waals surface area (Å²) in [6.45, 7) is -1.17. The Morgan fingerprint density at radius 2 is 1.62 bits per heavy atom. The zero-order valence-electron chi connectivity index (χ0n) is 14.9. The van der Waals surface area contributed by atoms with Gasteiger partial charge in [0.05, 0.1) is 6.61 Å². The van der Waals surface area contributed by atoms with Crippen molar-refractivity contribution in [2.75, 3.05) is 30.5 Å². The van der Waals surface area contributed by atoms with Crippen molar-refractivity contribution in [1.82, 2.24) is 0 Å². The van der Waals surface area contributed by atoms with Crippen LogP contribution in [0, 0.1) is 0 Å². The van der Waals surface area contributed by atoms with Gasteiger partial charge in [-0.25, -0.2) is 16.8 Å².